The number of carbonyl (C=O) groups is 1. The lowest BCUT2D eigenvalue weighted by molar-refractivity contribution is 0.112. The zero-order chi connectivity index (χ0) is 13.3. The summed E-state index contributed by atoms with van der Waals surface area (Å²) in [5, 5.41) is 4.55. The summed E-state index contributed by atoms with van der Waals surface area (Å²) in [4.78, 5) is 15.1. The van der Waals surface area contributed by atoms with Crippen LogP contribution in [0.2, 0.25) is 10.0 Å². The maximum Gasteiger partial charge on any atom is 0.155 e. The molecule has 0 aromatic carbocycles. The maximum atomic E-state index is 11.2. The molecule has 0 fully saturated rings. The minimum absolute atomic E-state index is 0.0471. The molecule has 0 saturated heterocycles. The first-order chi connectivity index (χ1) is 8.56. The van der Waals surface area contributed by atoms with E-state index in [1.165, 1.54) is 12.4 Å². The average molecular weight is 285 g/mol. The highest BCUT2D eigenvalue weighted by molar-refractivity contribution is 6.39. The Morgan fingerprint density at radius 1 is 1.28 bits per heavy atom. The molecule has 0 atom stereocenters. The number of carbonyl (C=O) groups excluding carboxylic acids is 1. The maximum absolute atomic E-state index is 11.2. The van der Waals surface area contributed by atoms with Crippen LogP contribution in [0.25, 0.3) is 11.3 Å². The summed E-state index contributed by atoms with van der Waals surface area (Å²) in [5.41, 5.74) is 1.19. The van der Waals surface area contributed by atoms with Crippen molar-refractivity contribution in [2.45, 2.75) is 19.8 Å². The van der Waals surface area contributed by atoms with Crippen molar-refractivity contribution in [1.82, 2.24) is 10.1 Å². The molecular formula is C12H10Cl2N2O2. The Balaban J connectivity index is 2.69. The van der Waals surface area contributed by atoms with Crippen molar-refractivity contribution < 1.29 is 9.32 Å². The van der Waals surface area contributed by atoms with Crippen LogP contribution in [0.4, 0.5) is 0 Å². The van der Waals surface area contributed by atoms with Crippen LogP contribution in [0.1, 0.15) is 35.9 Å². The van der Waals surface area contributed by atoms with E-state index in [0.717, 1.165) is 0 Å². The molecule has 94 valence electrons. The first-order valence-corrected chi connectivity index (χ1v) is 6.06. The van der Waals surface area contributed by atoms with Crippen molar-refractivity contribution in [1.29, 1.82) is 0 Å². The van der Waals surface area contributed by atoms with E-state index < -0.39 is 0 Å². The zero-order valence-corrected chi connectivity index (χ0v) is 11.3. The van der Waals surface area contributed by atoms with Crippen LogP contribution in [-0.2, 0) is 0 Å². The molecule has 0 saturated carbocycles. The number of hydrogen-bond acceptors (Lipinski definition) is 4. The Hall–Kier alpha value is -1.39. The average Bonchev–Trinajstić information content (AvgIpc) is 2.72. The van der Waals surface area contributed by atoms with Crippen LogP contribution in [-0.4, -0.2) is 16.4 Å². The standard InChI is InChI=1S/C12H10Cl2N2O2/c1-6(2)12-7(5-17)11(16-18-12)10-8(13)3-15-4-9(10)14/h3-6H,1-2H3. The lowest BCUT2D eigenvalue weighted by Crippen LogP contribution is -1.93. The van der Waals surface area contributed by atoms with Gasteiger partial charge in [-0.3, -0.25) is 9.78 Å². The van der Waals surface area contributed by atoms with Crippen LogP contribution in [0.3, 0.4) is 0 Å². The molecule has 2 aromatic rings. The number of halogens is 2. The van der Waals surface area contributed by atoms with Gasteiger partial charge in [0.15, 0.2) is 6.29 Å². The van der Waals surface area contributed by atoms with Crippen LogP contribution < -0.4 is 0 Å². The number of aldehydes is 1. The highest BCUT2D eigenvalue weighted by Crippen LogP contribution is 2.36. The Morgan fingerprint density at radius 2 is 1.89 bits per heavy atom. The third-order valence-corrected chi connectivity index (χ3v) is 3.06. The minimum atomic E-state index is 0.0471. The molecule has 0 bridgehead atoms. The molecule has 2 aromatic heterocycles. The lowest BCUT2D eigenvalue weighted by atomic mass is 10.0. The minimum Gasteiger partial charge on any atom is -0.360 e. The van der Waals surface area contributed by atoms with Crippen molar-refractivity contribution in [3.8, 4) is 11.3 Å². The second kappa shape index (κ2) is 5.08. The second-order valence-electron chi connectivity index (χ2n) is 4.06. The summed E-state index contributed by atoms with van der Waals surface area (Å²) >= 11 is 12.1. The van der Waals surface area contributed by atoms with Gasteiger partial charge in [0.2, 0.25) is 0 Å². The fourth-order valence-electron chi connectivity index (χ4n) is 1.66. The zero-order valence-electron chi connectivity index (χ0n) is 9.78. The largest absolute Gasteiger partial charge is 0.360 e. The SMILES string of the molecule is CC(C)c1onc(-c2c(Cl)cncc2Cl)c1C=O. The third-order valence-electron chi connectivity index (χ3n) is 2.49. The Morgan fingerprint density at radius 3 is 2.39 bits per heavy atom. The van der Waals surface area contributed by atoms with E-state index in [2.05, 4.69) is 10.1 Å². The first kappa shape index (κ1) is 13.1. The van der Waals surface area contributed by atoms with E-state index in [4.69, 9.17) is 27.7 Å². The molecule has 0 aliphatic rings. The normalized spacial score (nSPS) is 10.9. The van der Waals surface area contributed by atoms with Gasteiger partial charge in [-0.2, -0.15) is 0 Å². The fraction of sp³-hybridized carbons (Fsp3) is 0.250. The fourth-order valence-corrected chi connectivity index (χ4v) is 2.20. The molecule has 0 spiro atoms. The monoisotopic (exact) mass is 284 g/mol. The Bertz CT molecular complexity index is 574. The predicted octanol–water partition coefficient (Wildman–Crippen LogP) is 3.98. The van der Waals surface area contributed by atoms with E-state index >= 15 is 0 Å². The number of pyridine rings is 1. The first-order valence-electron chi connectivity index (χ1n) is 5.30. The molecule has 0 aliphatic heterocycles. The molecule has 2 heterocycles. The van der Waals surface area contributed by atoms with Crippen molar-refractivity contribution >= 4 is 29.5 Å². The van der Waals surface area contributed by atoms with Crippen LogP contribution in [0.5, 0.6) is 0 Å². The van der Waals surface area contributed by atoms with Crippen LogP contribution in [0.15, 0.2) is 16.9 Å². The van der Waals surface area contributed by atoms with E-state index in [-0.39, 0.29) is 5.92 Å². The molecule has 2 rings (SSSR count). The molecular weight excluding hydrogens is 275 g/mol. The quantitative estimate of drug-likeness (QED) is 0.800. The van der Waals surface area contributed by atoms with Crippen molar-refractivity contribution in [2.75, 3.05) is 0 Å². The second-order valence-corrected chi connectivity index (χ2v) is 4.87. The van der Waals surface area contributed by atoms with Gasteiger partial charge in [-0.1, -0.05) is 42.2 Å². The van der Waals surface area contributed by atoms with E-state index in [1.807, 2.05) is 13.8 Å². The van der Waals surface area contributed by atoms with Gasteiger partial charge in [0.25, 0.3) is 0 Å². The van der Waals surface area contributed by atoms with E-state index in [0.29, 0.717) is 38.9 Å². The van der Waals surface area contributed by atoms with Crippen molar-refractivity contribution in [3.05, 3.63) is 33.8 Å². The van der Waals surface area contributed by atoms with E-state index in [1.54, 1.807) is 0 Å². The summed E-state index contributed by atoms with van der Waals surface area (Å²) in [6, 6.07) is 0. The van der Waals surface area contributed by atoms with Gasteiger partial charge in [0.05, 0.1) is 15.6 Å². The molecule has 0 unspecified atom stereocenters. The third kappa shape index (κ3) is 2.13. The molecule has 18 heavy (non-hydrogen) atoms. The summed E-state index contributed by atoms with van der Waals surface area (Å²) in [5.74, 6) is 0.565. The lowest BCUT2D eigenvalue weighted by Gasteiger charge is -2.03. The molecule has 0 amide bonds. The van der Waals surface area contributed by atoms with Crippen LogP contribution in [0, 0.1) is 0 Å². The Kier molecular flexibility index (Phi) is 3.68. The summed E-state index contributed by atoms with van der Waals surface area (Å²) in [6.45, 7) is 3.82. The Labute approximate surface area is 114 Å². The highest BCUT2D eigenvalue weighted by Gasteiger charge is 2.22. The predicted molar refractivity (Wildman–Crippen MR) is 69.2 cm³/mol. The van der Waals surface area contributed by atoms with Gasteiger partial charge in [0, 0.05) is 23.9 Å². The molecule has 4 nitrogen and oxygen atoms in total. The van der Waals surface area contributed by atoms with Crippen molar-refractivity contribution in [2.24, 2.45) is 0 Å². The van der Waals surface area contributed by atoms with Gasteiger partial charge < -0.3 is 4.52 Å². The summed E-state index contributed by atoms with van der Waals surface area (Å²) < 4.78 is 5.19. The number of hydrogen-bond donors (Lipinski definition) is 0. The van der Waals surface area contributed by atoms with Crippen LogP contribution >= 0.6 is 23.2 Å². The smallest absolute Gasteiger partial charge is 0.155 e. The van der Waals surface area contributed by atoms with Gasteiger partial charge in [0.1, 0.15) is 11.5 Å². The number of nitrogens with zero attached hydrogens (tertiary/aromatic N) is 2. The molecule has 0 N–H and O–H groups in total. The summed E-state index contributed by atoms with van der Waals surface area (Å²) in [6.07, 6.45) is 3.59. The molecule has 6 heteroatoms. The highest BCUT2D eigenvalue weighted by atomic mass is 35.5. The van der Waals surface area contributed by atoms with Gasteiger partial charge in [-0.15, -0.1) is 0 Å². The van der Waals surface area contributed by atoms with Gasteiger partial charge in [-0.05, 0) is 0 Å². The number of aromatic nitrogens is 2. The molecule has 0 radical (unpaired) electrons. The van der Waals surface area contributed by atoms with E-state index in [9.17, 15) is 4.79 Å². The summed E-state index contributed by atoms with van der Waals surface area (Å²) in [7, 11) is 0. The van der Waals surface area contributed by atoms with Gasteiger partial charge in [-0.25, -0.2) is 0 Å². The van der Waals surface area contributed by atoms with Gasteiger partial charge >= 0.3 is 0 Å². The topological polar surface area (TPSA) is 56.0 Å². The molecule has 0 aliphatic carbocycles. The van der Waals surface area contributed by atoms with Crippen molar-refractivity contribution in [3.63, 3.8) is 0 Å². The number of rotatable bonds is 3.